The van der Waals surface area contributed by atoms with Crippen LogP contribution in [0.3, 0.4) is 0 Å². The molecule has 5 nitrogen and oxygen atoms in total. The van der Waals surface area contributed by atoms with Crippen LogP contribution < -0.4 is 5.32 Å². The van der Waals surface area contributed by atoms with Crippen LogP contribution in [0.4, 0.5) is 0 Å². The molecule has 1 rings (SSSR count). The van der Waals surface area contributed by atoms with E-state index in [1.54, 1.807) is 0 Å². The van der Waals surface area contributed by atoms with Gasteiger partial charge in [-0.3, -0.25) is 9.59 Å². The van der Waals surface area contributed by atoms with Crippen molar-refractivity contribution in [3.63, 3.8) is 0 Å². The van der Waals surface area contributed by atoms with E-state index < -0.39 is 0 Å². The largest absolute Gasteiger partial charge is 0.377 e. The lowest BCUT2D eigenvalue weighted by atomic mass is 10.3. The predicted octanol–water partition coefficient (Wildman–Crippen LogP) is -0.630. The molecule has 2 amide bonds. The molecule has 0 radical (unpaired) electrons. The third-order valence-corrected chi connectivity index (χ3v) is 1.94. The van der Waals surface area contributed by atoms with Crippen molar-refractivity contribution in [3.8, 4) is 0 Å². The van der Waals surface area contributed by atoms with Crippen molar-refractivity contribution in [2.45, 2.75) is 20.0 Å². The number of carbonyl (C=O) groups excluding carboxylic acids is 2. The molecule has 0 bridgehead atoms. The summed E-state index contributed by atoms with van der Waals surface area (Å²) in [7, 11) is 0. The van der Waals surface area contributed by atoms with Crippen molar-refractivity contribution in [1.82, 2.24) is 10.2 Å². The highest BCUT2D eigenvalue weighted by Gasteiger charge is 2.22. The first-order valence-corrected chi connectivity index (χ1v) is 4.75. The van der Waals surface area contributed by atoms with Gasteiger partial charge in [-0.1, -0.05) is 0 Å². The van der Waals surface area contributed by atoms with E-state index in [0.29, 0.717) is 13.2 Å². The molecule has 0 spiro atoms. The molecule has 0 unspecified atom stereocenters. The molecule has 1 N–H and O–H groups in total. The number of hydrogen-bond acceptors (Lipinski definition) is 3. The fraction of sp³-hybridized carbons (Fsp3) is 0.778. The van der Waals surface area contributed by atoms with Crippen molar-refractivity contribution >= 4 is 11.8 Å². The average Bonchev–Trinajstić information content (AvgIpc) is 2.10. The van der Waals surface area contributed by atoms with Gasteiger partial charge in [0.15, 0.2) is 0 Å². The molecule has 5 heteroatoms. The summed E-state index contributed by atoms with van der Waals surface area (Å²) in [6.45, 7) is 5.11. The highest BCUT2D eigenvalue weighted by molar-refractivity contribution is 5.92. The fourth-order valence-electron chi connectivity index (χ4n) is 1.21. The second kappa shape index (κ2) is 4.95. The first-order valence-electron chi connectivity index (χ1n) is 4.75. The zero-order valence-corrected chi connectivity index (χ0v) is 8.58. The number of ether oxygens (including phenoxy) is 1. The topological polar surface area (TPSA) is 58.6 Å². The molecule has 1 fully saturated rings. The second-order valence-electron chi connectivity index (χ2n) is 3.51. The van der Waals surface area contributed by atoms with Gasteiger partial charge in [-0.05, 0) is 13.8 Å². The maximum Gasteiger partial charge on any atom is 0.242 e. The summed E-state index contributed by atoms with van der Waals surface area (Å²) in [5, 5.41) is 2.49. The van der Waals surface area contributed by atoms with E-state index in [1.807, 2.05) is 13.8 Å². The summed E-state index contributed by atoms with van der Waals surface area (Å²) in [6, 6.07) is 0. The van der Waals surface area contributed by atoms with Gasteiger partial charge in [0.2, 0.25) is 11.8 Å². The predicted molar refractivity (Wildman–Crippen MR) is 50.7 cm³/mol. The van der Waals surface area contributed by atoms with E-state index in [0.717, 1.165) is 0 Å². The zero-order chi connectivity index (χ0) is 10.6. The van der Waals surface area contributed by atoms with Gasteiger partial charge in [0, 0.05) is 6.54 Å². The van der Waals surface area contributed by atoms with E-state index in [1.165, 1.54) is 4.90 Å². The molecule has 0 atom stereocenters. The molecule has 0 aromatic rings. The monoisotopic (exact) mass is 200 g/mol. The van der Waals surface area contributed by atoms with Crippen LogP contribution >= 0.6 is 0 Å². The van der Waals surface area contributed by atoms with E-state index in [2.05, 4.69) is 5.32 Å². The number of nitrogens with one attached hydrogen (secondary N) is 1. The van der Waals surface area contributed by atoms with Gasteiger partial charge in [-0.15, -0.1) is 0 Å². The van der Waals surface area contributed by atoms with Gasteiger partial charge in [0.1, 0.15) is 0 Å². The third-order valence-electron chi connectivity index (χ3n) is 1.94. The van der Waals surface area contributed by atoms with E-state index in [-0.39, 0.29) is 31.0 Å². The van der Waals surface area contributed by atoms with E-state index in [9.17, 15) is 9.59 Å². The summed E-state index contributed by atoms with van der Waals surface area (Å²) < 4.78 is 5.30. The number of hydrogen-bond donors (Lipinski definition) is 1. The Morgan fingerprint density at radius 2 is 2.21 bits per heavy atom. The summed E-state index contributed by atoms with van der Waals surface area (Å²) in [4.78, 5) is 23.8. The van der Waals surface area contributed by atoms with Gasteiger partial charge in [0.05, 0.1) is 25.8 Å². The van der Waals surface area contributed by atoms with Crippen molar-refractivity contribution in [1.29, 1.82) is 0 Å². The first-order chi connectivity index (χ1) is 6.59. The van der Waals surface area contributed by atoms with Crippen LogP contribution in [0.15, 0.2) is 0 Å². The summed E-state index contributed by atoms with van der Waals surface area (Å²) in [6.07, 6.45) is 0.156. The number of amides is 2. The molecule has 80 valence electrons. The standard InChI is InChI=1S/C9H16N2O3/c1-7(2)14-4-3-11-6-8(12)10-5-9(11)13/h7H,3-6H2,1-2H3,(H,10,12). The Kier molecular flexibility index (Phi) is 3.88. The minimum Gasteiger partial charge on any atom is -0.377 e. The van der Waals surface area contributed by atoms with Crippen LogP contribution in [0.25, 0.3) is 0 Å². The molecule has 0 saturated carbocycles. The normalized spacial score (nSPS) is 17.5. The summed E-state index contributed by atoms with van der Waals surface area (Å²) in [5.74, 6) is -0.147. The Morgan fingerprint density at radius 3 is 2.86 bits per heavy atom. The van der Waals surface area contributed by atoms with Crippen LogP contribution in [-0.2, 0) is 14.3 Å². The van der Waals surface area contributed by atoms with Gasteiger partial charge in [-0.25, -0.2) is 0 Å². The van der Waals surface area contributed by atoms with Crippen molar-refractivity contribution < 1.29 is 14.3 Å². The first kappa shape index (κ1) is 11.0. The van der Waals surface area contributed by atoms with Gasteiger partial charge in [0.25, 0.3) is 0 Å². The molecule has 1 saturated heterocycles. The highest BCUT2D eigenvalue weighted by Crippen LogP contribution is 1.96. The van der Waals surface area contributed by atoms with Crippen molar-refractivity contribution in [3.05, 3.63) is 0 Å². The van der Waals surface area contributed by atoms with Crippen LogP contribution in [0, 0.1) is 0 Å². The number of rotatable bonds is 4. The molecular weight excluding hydrogens is 184 g/mol. The SMILES string of the molecule is CC(C)OCCN1CC(=O)NCC1=O. The molecule has 0 aliphatic carbocycles. The maximum absolute atomic E-state index is 11.3. The zero-order valence-electron chi connectivity index (χ0n) is 8.58. The van der Waals surface area contributed by atoms with Crippen molar-refractivity contribution in [2.75, 3.05) is 26.2 Å². The van der Waals surface area contributed by atoms with Crippen LogP contribution in [0.1, 0.15) is 13.8 Å². The second-order valence-corrected chi connectivity index (χ2v) is 3.51. The Labute approximate surface area is 83.4 Å². The summed E-state index contributed by atoms with van der Waals surface area (Å²) in [5.41, 5.74) is 0. The Balaban J connectivity index is 2.27. The Bertz CT molecular complexity index is 228. The minimum absolute atomic E-state index is 0.0445. The smallest absolute Gasteiger partial charge is 0.242 e. The number of nitrogens with zero attached hydrogens (tertiary/aromatic N) is 1. The number of piperazine rings is 1. The lowest BCUT2D eigenvalue weighted by molar-refractivity contribution is -0.141. The molecular formula is C9H16N2O3. The lowest BCUT2D eigenvalue weighted by Crippen LogP contribution is -2.52. The minimum atomic E-state index is -0.103. The van der Waals surface area contributed by atoms with Crippen molar-refractivity contribution in [2.24, 2.45) is 0 Å². The third kappa shape index (κ3) is 3.33. The fourth-order valence-corrected chi connectivity index (χ4v) is 1.21. The molecule has 0 aromatic heterocycles. The van der Waals surface area contributed by atoms with Crippen LogP contribution in [0.5, 0.6) is 0 Å². The molecule has 1 aliphatic rings. The average molecular weight is 200 g/mol. The maximum atomic E-state index is 11.3. The lowest BCUT2D eigenvalue weighted by Gasteiger charge is -2.26. The van der Waals surface area contributed by atoms with Gasteiger partial charge < -0.3 is 15.0 Å². The van der Waals surface area contributed by atoms with Crippen LogP contribution in [-0.4, -0.2) is 49.1 Å². The van der Waals surface area contributed by atoms with E-state index in [4.69, 9.17) is 4.74 Å². The highest BCUT2D eigenvalue weighted by atomic mass is 16.5. The molecule has 1 heterocycles. The Hall–Kier alpha value is -1.10. The van der Waals surface area contributed by atoms with Crippen LogP contribution in [0.2, 0.25) is 0 Å². The molecule has 0 aromatic carbocycles. The Morgan fingerprint density at radius 1 is 1.50 bits per heavy atom. The van der Waals surface area contributed by atoms with E-state index >= 15 is 0 Å². The quantitative estimate of drug-likeness (QED) is 0.657. The van der Waals surface area contributed by atoms with Gasteiger partial charge in [-0.2, -0.15) is 0 Å². The molecule has 1 aliphatic heterocycles. The number of carbonyl (C=O) groups is 2. The van der Waals surface area contributed by atoms with Gasteiger partial charge >= 0.3 is 0 Å². The summed E-state index contributed by atoms with van der Waals surface area (Å²) >= 11 is 0. The molecule has 14 heavy (non-hydrogen) atoms.